The minimum Gasteiger partial charge on any atom is -0.350 e. The van der Waals surface area contributed by atoms with Crippen LogP contribution in [0.2, 0.25) is 0 Å². The van der Waals surface area contributed by atoms with Gasteiger partial charge >= 0.3 is 0 Å². The van der Waals surface area contributed by atoms with Gasteiger partial charge in [-0.25, -0.2) is 4.98 Å². The maximum absolute atomic E-state index is 11.9. The number of amides is 1. The van der Waals surface area contributed by atoms with Crippen molar-refractivity contribution < 1.29 is 4.79 Å². The highest BCUT2D eigenvalue weighted by molar-refractivity contribution is 7.09. The smallest absolute Gasteiger partial charge is 0.270 e. The van der Waals surface area contributed by atoms with Crippen molar-refractivity contribution in [3.05, 3.63) is 51.5 Å². The molecule has 0 saturated heterocycles. The van der Waals surface area contributed by atoms with Crippen LogP contribution in [0.5, 0.6) is 0 Å². The third kappa shape index (κ3) is 3.88. The predicted octanol–water partition coefficient (Wildman–Crippen LogP) is 2.14. The van der Waals surface area contributed by atoms with Gasteiger partial charge in [-0.15, -0.1) is 11.3 Å². The van der Waals surface area contributed by atoms with E-state index in [0.29, 0.717) is 18.8 Å². The number of benzene rings is 1. The number of nitrogens with zero attached hydrogens (tertiary/aromatic N) is 1. The van der Waals surface area contributed by atoms with Crippen LogP contribution in [-0.4, -0.2) is 17.4 Å². The fourth-order valence-electron chi connectivity index (χ4n) is 1.86. The minimum absolute atomic E-state index is 0.133. The van der Waals surface area contributed by atoms with Gasteiger partial charge in [0.15, 0.2) is 0 Å². The van der Waals surface area contributed by atoms with Gasteiger partial charge in [-0.2, -0.15) is 0 Å². The summed E-state index contributed by atoms with van der Waals surface area (Å²) in [6.07, 6.45) is 1.87. The first-order chi connectivity index (χ1) is 9.72. The summed E-state index contributed by atoms with van der Waals surface area (Å²) in [4.78, 5) is 16.0. The SMILES string of the molecule is CCc1ccc(CCNC(=O)c2csc(CN)n2)cc1. The summed E-state index contributed by atoms with van der Waals surface area (Å²) in [6, 6.07) is 8.48. The summed E-state index contributed by atoms with van der Waals surface area (Å²) in [7, 11) is 0. The fourth-order valence-corrected chi connectivity index (χ4v) is 2.52. The van der Waals surface area contributed by atoms with Crippen LogP contribution in [0.4, 0.5) is 0 Å². The van der Waals surface area contributed by atoms with Crippen molar-refractivity contribution in [2.45, 2.75) is 26.3 Å². The van der Waals surface area contributed by atoms with Gasteiger partial charge in [0.05, 0.1) is 0 Å². The standard InChI is InChI=1S/C15H19N3OS/c1-2-11-3-5-12(6-4-11)7-8-17-15(19)13-10-20-14(9-16)18-13/h3-6,10H,2,7-9,16H2,1H3,(H,17,19). The number of hydrogen-bond acceptors (Lipinski definition) is 4. The van der Waals surface area contributed by atoms with E-state index in [4.69, 9.17) is 5.73 Å². The summed E-state index contributed by atoms with van der Waals surface area (Å²) >= 11 is 1.41. The highest BCUT2D eigenvalue weighted by atomic mass is 32.1. The van der Waals surface area contributed by atoms with E-state index < -0.39 is 0 Å². The lowest BCUT2D eigenvalue weighted by atomic mass is 10.1. The molecule has 0 unspecified atom stereocenters. The second-order valence-corrected chi connectivity index (χ2v) is 5.45. The zero-order chi connectivity index (χ0) is 14.4. The average Bonchev–Trinajstić information content (AvgIpc) is 2.97. The molecule has 0 radical (unpaired) electrons. The first kappa shape index (κ1) is 14.7. The molecule has 0 fully saturated rings. The van der Waals surface area contributed by atoms with Crippen LogP contribution in [-0.2, 0) is 19.4 Å². The summed E-state index contributed by atoms with van der Waals surface area (Å²) in [5, 5.41) is 5.40. The van der Waals surface area contributed by atoms with E-state index in [0.717, 1.165) is 17.8 Å². The van der Waals surface area contributed by atoms with Crippen LogP contribution in [0.1, 0.15) is 33.5 Å². The van der Waals surface area contributed by atoms with Crippen LogP contribution in [0.3, 0.4) is 0 Å². The number of nitrogens with one attached hydrogen (secondary N) is 1. The van der Waals surface area contributed by atoms with Gasteiger partial charge in [-0.1, -0.05) is 31.2 Å². The molecule has 5 heteroatoms. The number of rotatable bonds is 6. The molecule has 1 amide bonds. The molecule has 0 atom stereocenters. The lowest BCUT2D eigenvalue weighted by Gasteiger charge is -2.04. The summed E-state index contributed by atoms with van der Waals surface area (Å²) in [6.45, 7) is 3.13. The number of carbonyl (C=O) groups is 1. The van der Waals surface area contributed by atoms with Crippen molar-refractivity contribution in [2.24, 2.45) is 5.73 Å². The molecule has 4 nitrogen and oxygen atoms in total. The van der Waals surface area contributed by atoms with Gasteiger partial charge in [0, 0.05) is 18.5 Å². The Hall–Kier alpha value is -1.72. The lowest BCUT2D eigenvalue weighted by Crippen LogP contribution is -2.26. The van der Waals surface area contributed by atoms with E-state index >= 15 is 0 Å². The Kier molecular flexibility index (Phi) is 5.26. The number of carbonyl (C=O) groups excluding carboxylic acids is 1. The van der Waals surface area contributed by atoms with Crippen LogP contribution >= 0.6 is 11.3 Å². The molecule has 0 spiro atoms. The zero-order valence-electron chi connectivity index (χ0n) is 11.6. The Balaban J connectivity index is 1.81. The molecule has 2 rings (SSSR count). The monoisotopic (exact) mass is 289 g/mol. The number of aryl methyl sites for hydroxylation is 1. The van der Waals surface area contributed by atoms with E-state index in [1.54, 1.807) is 5.38 Å². The lowest BCUT2D eigenvalue weighted by molar-refractivity contribution is 0.0949. The van der Waals surface area contributed by atoms with Crippen molar-refractivity contribution in [3.8, 4) is 0 Å². The van der Waals surface area contributed by atoms with Gasteiger partial charge in [-0.3, -0.25) is 4.79 Å². The minimum atomic E-state index is -0.133. The van der Waals surface area contributed by atoms with Crippen LogP contribution in [0.15, 0.2) is 29.6 Å². The number of aromatic nitrogens is 1. The molecule has 1 aromatic carbocycles. The van der Waals surface area contributed by atoms with E-state index in [1.165, 1.54) is 22.5 Å². The predicted molar refractivity (Wildman–Crippen MR) is 81.9 cm³/mol. The van der Waals surface area contributed by atoms with Gasteiger partial charge in [0.2, 0.25) is 0 Å². The molecule has 1 heterocycles. The third-order valence-corrected chi connectivity index (χ3v) is 3.96. The summed E-state index contributed by atoms with van der Waals surface area (Å²) in [5.74, 6) is -0.133. The van der Waals surface area contributed by atoms with Crippen molar-refractivity contribution in [1.82, 2.24) is 10.3 Å². The van der Waals surface area contributed by atoms with Crippen LogP contribution in [0, 0.1) is 0 Å². The van der Waals surface area contributed by atoms with E-state index in [-0.39, 0.29) is 5.91 Å². The quantitative estimate of drug-likeness (QED) is 0.856. The molecule has 1 aromatic heterocycles. The molecule has 0 aliphatic rings. The number of thiazole rings is 1. The first-order valence-corrected chi connectivity index (χ1v) is 7.61. The third-order valence-electron chi connectivity index (χ3n) is 3.09. The Morgan fingerprint density at radius 3 is 2.60 bits per heavy atom. The summed E-state index contributed by atoms with van der Waals surface area (Å²) < 4.78 is 0. The zero-order valence-corrected chi connectivity index (χ0v) is 12.4. The number of hydrogen-bond donors (Lipinski definition) is 2. The van der Waals surface area contributed by atoms with Crippen molar-refractivity contribution >= 4 is 17.2 Å². The van der Waals surface area contributed by atoms with Gasteiger partial charge in [0.25, 0.3) is 5.91 Å². The second-order valence-electron chi connectivity index (χ2n) is 4.51. The number of nitrogens with two attached hydrogens (primary N) is 1. The Bertz CT molecular complexity index is 563. The van der Waals surface area contributed by atoms with E-state index in [2.05, 4.69) is 41.5 Å². The van der Waals surface area contributed by atoms with Crippen LogP contribution in [0.25, 0.3) is 0 Å². The molecular weight excluding hydrogens is 270 g/mol. The Morgan fingerprint density at radius 1 is 1.30 bits per heavy atom. The Morgan fingerprint density at radius 2 is 2.00 bits per heavy atom. The first-order valence-electron chi connectivity index (χ1n) is 6.73. The molecule has 0 saturated carbocycles. The molecular formula is C15H19N3OS. The largest absolute Gasteiger partial charge is 0.350 e. The molecule has 0 aliphatic carbocycles. The molecule has 3 N–H and O–H groups in total. The fraction of sp³-hybridized carbons (Fsp3) is 0.333. The van der Waals surface area contributed by atoms with E-state index in [9.17, 15) is 4.79 Å². The maximum Gasteiger partial charge on any atom is 0.270 e. The molecule has 2 aromatic rings. The van der Waals surface area contributed by atoms with Crippen LogP contribution < -0.4 is 11.1 Å². The van der Waals surface area contributed by atoms with Gasteiger partial charge < -0.3 is 11.1 Å². The van der Waals surface area contributed by atoms with Crippen molar-refractivity contribution in [1.29, 1.82) is 0 Å². The van der Waals surface area contributed by atoms with Crippen molar-refractivity contribution in [2.75, 3.05) is 6.54 Å². The highest BCUT2D eigenvalue weighted by Crippen LogP contribution is 2.09. The normalized spacial score (nSPS) is 10.5. The molecule has 20 heavy (non-hydrogen) atoms. The molecule has 106 valence electrons. The van der Waals surface area contributed by atoms with Gasteiger partial charge in [0.1, 0.15) is 10.7 Å². The molecule has 0 bridgehead atoms. The maximum atomic E-state index is 11.9. The Labute approximate surface area is 123 Å². The second kappa shape index (κ2) is 7.17. The average molecular weight is 289 g/mol. The molecule has 0 aliphatic heterocycles. The van der Waals surface area contributed by atoms with Gasteiger partial charge in [-0.05, 0) is 24.0 Å². The summed E-state index contributed by atoms with van der Waals surface area (Å²) in [5.41, 5.74) is 8.49. The topological polar surface area (TPSA) is 68.0 Å². The van der Waals surface area contributed by atoms with Crippen molar-refractivity contribution in [3.63, 3.8) is 0 Å². The van der Waals surface area contributed by atoms with E-state index in [1.807, 2.05) is 0 Å². The highest BCUT2D eigenvalue weighted by Gasteiger charge is 2.09.